The molecule has 4 aromatic rings. The highest BCUT2D eigenvalue weighted by Gasteiger charge is 2.15. The largest absolute Gasteiger partial charge is 0.348 e. The molecule has 0 fully saturated rings. The van der Waals surface area contributed by atoms with Crippen LogP contribution in [0, 0.1) is 0 Å². The van der Waals surface area contributed by atoms with E-state index in [1.54, 1.807) is 31.2 Å². The molecular formula is C28H29BrN2O3S. The summed E-state index contributed by atoms with van der Waals surface area (Å²) in [5.41, 5.74) is 4.98. The third-order valence-electron chi connectivity index (χ3n) is 6.11. The molecular weight excluding hydrogens is 524 g/mol. The van der Waals surface area contributed by atoms with E-state index in [0.29, 0.717) is 17.0 Å². The number of aromatic nitrogens is 1. The molecule has 0 aliphatic rings. The van der Waals surface area contributed by atoms with E-state index in [-0.39, 0.29) is 17.7 Å². The Bertz CT molecular complexity index is 1450. The van der Waals surface area contributed by atoms with Crippen LogP contribution in [0.5, 0.6) is 0 Å². The van der Waals surface area contributed by atoms with Crippen LogP contribution >= 0.6 is 15.9 Å². The second-order valence-electron chi connectivity index (χ2n) is 8.91. The Morgan fingerprint density at radius 3 is 2.23 bits per heavy atom. The number of rotatable bonds is 8. The minimum absolute atomic E-state index is 0.0644. The molecule has 5 nitrogen and oxygen atoms in total. The van der Waals surface area contributed by atoms with Gasteiger partial charge in [0.15, 0.2) is 9.84 Å². The molecule has 1 N–H and O–H groups in total. The maximum absolute atomic E-state index is 12.9. The van der Waals surface area contributed by atoms with Crippen LogP contribution < -0.4 is 5.32 Å². The molecule has 1 amide bonds. The first kappa shape index (κ1) is 25.2. The fourth-order valence-electron chi connectivity index (χ4n) is 4.26. The second kappa shape index (κ2) is 10.4. The van der Waals surface area contributed by atoms with E-state index in [1.807, 2.05) is 18.2 Å². The quantitative estimate of drug-likeness (QED) is 0.279. The van der Waals surface area contributed by atoms with Crippen molar-refractivity contribution < 1.29 is 13.2 Å². The van der Waals surface area contributed by atoms with E-state index in [2.05, 4.69) is 70.0 Å². The van der Waals surface area contributed by atoms with Gasteiger partial charge in [-0.3, -0.25) is 4.79 Å². The van der Waals surface area contributed by atoms with Crippen molar-refractivity contribution >= 4 is 42.6 Å². The van der Waals surface area contributed by atoms with Gasteiger partial charge in [-0.2, -0.15) is 0 Å². The Labute approximate surface area is 215 Å². The predicted molar refractivity (Wildman–Crippen MR) is 145 cm³/mol. The number of nitrogens with zero attached hydrogens (tertiary/aromatic N) is 1. The lowest BCUT2D eigenvalue weighted by Gasteiger charge is -2.15. The first-order chi connectivity index (χ1) is 16.7. The van der Waals surface area contributed by atoms with Crippen LogP contribution in [0.25, 0.3) is 10.9 Å². The molecule has 0 aliphatic carbocycles. The van der Waals surface area contributed by atoms with E-state index < -0.39 is 9.84 Å². The molecule has 0 radical (unpaired) electrons. The molecule has 1 aromatic heterocycles. The van der Waals surface area contributed by atoms with Gasteiger partial charge in [0.05, 0.1) is 10.6 Å². The number of nitrogens with one attached hydrogen (secondary N) is 1. The number of benzene rings is 3. The number of carbonyl (C=O) groups excluding carboxylic acids is 1. The summed E-state index contributed by atoms with van der Waals surface area (Å²) in [6.45, 7) is 6.29. The van der Waals surface area contributed by atoms with E-state index in [9.17, 15) is 13.2 Å². The summed E-state index contributed by atoms with van der Waals surface area (Å²) in [6.07, 6.45) is 0.811. The number of halogens is 1. The molecule has 0 saturated heterocycles. The molecule has 4 rings (SSSR count). The van der Waals surface area contributed by atoms with Crippen molar-refractivity contribution in [1.29, 1.82) is 0 Å². The molecule has 0 bridgehead atoms. The van der Waals surface area contributed by atoms with Crippen molar-refractivity contribution in [2.24, 2.45) is 0 Å². The molecule has 3 aromatic carbocycles. The third-order valence-corrected chi connectivity index (χ3v) is 8.39. The zero-order valence-electron chi connectivity index (χ0n) is 20.1. The van der Waals surface area contributed by atoms with Gasteiger partial charge in [0.2, 0.25) is 0 Å². The average Bonchev–Trinajstić information content (AvgIpc) is 3.21. The number of amides is 1. The second-order valence-corrected chi connectivity index (χ2v) is 12.1. The van der Waals surface area contributed by atoms with Crippen LogP contribution in [-0.2, 0) is 22.8 Å². The van der Waals surface area contributed by atoms with Crippen molar-refractivity contribution in [1.82, 2.24) is 9.88 Å². The van der Waals surface area contributed by atoms with Crippen LogP contribution in [0.2, 0.25) is 0 Å². The highest BCUT2D eigenvalue weighted by molar-refractivity contribution is 9.10. The lowest BCUT2D eigenvalue weighted by molar-refractivity contribution is 0.0951. The minimum Gasteiger partial charge on any atom is -0.348 e. The van der Waals surface area contributed by atoms with Gasteiger partial charge in [0, 0.05) is 45.6 Å². The van der Waals surface area contributed by atoms with Gasteiger partial charge in [0.1, 0.15) is 0 Å². The van der Waals surface area contributed by atoms with Crippen LogP contribution in [-0.4, -0.2) is 24.6 Å². The van der Waals surface area contributed by atoms with E-state index >= 15 is 0 Å². The highest BCUT2D eigenvalue weighted by atomic mass is 79.9. The number of hydrogen-bond acceptors (Lipinski definition) is 3. The van der Waals surface area contributed by atoms with Gasteiger partial charge >= 0.3 is 0 Å². The fraction of sp³-hybridized carbons (Fsp3) is 0.250. The molecule has 35 heavy (non-hydrogen) atoms. The molecule has 0 saturated carbocycles. The van der Waals surface area contributed by atoms with Crippen molar-refractivity contribution in [2.45, 2.75) is 44.7 Å². The molecule has 0 aliphatic heterocycles. The molecule has 182 valence electrons. The Morgan fingerprint density at radius 1 is 0.943 bits per heavy atom. The van der Waals surface area contributed by atoms with Gasteiger partial charge in [-0.25, -0.2) is 8.42 Å². The summed E-state index contributed by atoms with van der Waals surface area (Å²) in [5.74, 6) is -0.0986. The minimum atomic E-state index is -3.23. The first-order valence-electron chi connectivity index (χ1n) is 11.7. The summed E-state index contributed by atoms with van der Waals surface area (Å²) < 4.78 is 27.3. The maximum Gasteiger partial charge on any atom is 0.251 e. The fourth-order valence-corrected chi connectivity index (χ4v) is 5.41. The van der Waals surface area contributed by atoms with Crippen molar-refractivity contribution in [3.8, 4) is 0 Å². The lowest BCUT2D eigenvalue weighted by Crippen LogP contribution is -2.22. The van der Waals surface area contributed by atoms with Gasteiger partial charge < -0.3 is 9.88 Å². The normalized spacial score (nSPS) is 11.8. The average molecular weight is 554 g/mol. The Kier molecular flexibility index (Phi) is 7.47. The summed E-state index contributed by atoms with van der Waals surface area (Å²) in [7, 11) is -3.23. The van der Waals surface area contributed by atoms with Crippen molar-refractivity contribution in [3.05, 3.63) is 99.7 Å². The van der Waals surface area contributed by atoms with Gasteiger partial charge in [-0.05, 0) is 73.5 Å². The van der Waals surface area contributed by atoms with Crippen LogP contribution in [0.1, 0.15) is 54.0 Å². The van der Waals surface area contributed by atoms with Crippen LogP contribution in [0.3, 0.4) is 0 Å². The van der Waals surface area contributed by atoms with Gasteiger partial charge in [-0.1, -0.05) is 47.1 Å². The lowest BCUT2D eigenvalue weighted by atomic mass is 10.1. The zero-order valence-corrected chi connectivity index (χ0v) is 22.5. The molecule has 0 unspecified atom stereocenters. The highest BCUT2D eigenvalue weighted by Crippen LogP contribution is 2.27. The molecule has 0 atom stereocenters. The van der Waals surface area contributed by atoms with Crippen molar-refractivity contribution in [2.75, 3.05) is 5.75 Å². The molecule has 0 spiro atoms. The Morgan fingerprint density at radius 2 is 1.60 bits per heavy atom. The summed E-state index contributed by atoms with van der Waals surface area (Å²) >= 11 is 3.49. The SMILES string of the molecule is CCS(=O)(=O)c1ccc(CNC(=O)c2ccc3c(c2)cc(Cc2ccc(Br)cc2)n3C(C)C)cc1. The van der Waals surface area contributed by atoms with Gasteiger partial charge in [-0.15, -0.1) is 0 Å². The van der Waals surface area contributed by atoms with E-state index in [0.717, 1.165) is 27.4 Å². The molecule has 1 heterocycles. The first-order valence-corrected chi connectivity index (χ1v) is 14.1. The van der Waals surface area contributed by atoms with Crippen LogP contribution in [0.4, 0.5) is 0 Å². The Hall–Kier alpha value is -2.90. The zero-order chi connectivity index (χ0) is 25.2. The maximum atomic E-state index is 12.9. The summed E-state index contributed by atoms with van der Waals surface area (Å²) in [5, 5.41) is 3.98. The summed E-state index contributed by atoms with van der Waals surface area (Å²) in [4.78, 5) is 13.2. The summed E-state index contributed by atoms with van der Waals surface area (Å²) in [6, 6.07) is 23.3. The van der Waals surface area contributed by atoms with E-state index in [4.69, 9.17) is 0 Å². The number of sulfone groups is 1. The third kappa shape index (κ3) is 5.68. The monoisotopic (exact) mass is 552 g/mol. The van der Waals surface area contributed by atoms with Crippen molar-refractivity contribution in [3.63, 3.8) is 0 Å². The van der Waals surface area contributed by atoms with E-state index in [1.165, 1.54) is 11.3 Å². The predicted octanol–water partition coefficient (Wildman–Crippen LogP) is 6.30. The standard InChI is InChI=1S/C28H29BrN2O3S/c1-4-35(33,34)26-12-7-21(8-13-26)18-30-28(32)22-9-14-27-23(16-22)17-25(31(27)19(2)3)15-20-5-10-24(29)11-6-20/h5-14,16-17,19H,4,15,18H2,1-3H3,(H,30,32). The topological polar surface area (TPSA) is 68.2 Å². The number of hydrogen-bond donors (Lipinski definition) is 1. The van der Waals surface area contributed by atoms with Crippen LogP contribution in [0.15, 0.2) is 82.2 Å². The molecule has 7 heteroatoms. The number of carbonyl (C=O) groups is 1. The number of fused-ring (bicyclic) bond motifs is 1. The Balaban J connectivity index is 1.52. The van der Waals surface area contributed by atoms with Gasteiger partial charge in [0.25, 0.3) is 5.91 Å². The smallest absolute Gasteiger partial charge is 0.251 e.